The molecule has 2 aromatic rings. The molecule has 1 fully saturated rings. The second-order valence-corrected chi connectivity index (χ2v) is 11.6. The van der Waals surface area contributed by atoms with Crippen LogP contribution in [0.1, 0.15) is 68.7 Å². The third-order valence-corrected chi connectivity index (χ3v) is 7.50. The molecular weight excluding hydrogens is 520 g/mol. The number of rotatable bonds is 11. The third kappa shape index (κ3) is 8.19. The van der Waals surface area contributed by atoms with Gasteiger partial charge < -0.3 is 23.8 Å². The minimum atomic E-state index is -3.80. The Bertz CT molecular complexity index is 1330. The summed E-state index contributed by atoms with van der Waals surface area (Å²) < 4.78 is 46.1. The number of fused-ring (bicyclic) bond motifs is 1. The van der Waals surface area contributed by atoms with Crippen molar-refractivity contribution in [2.45, 2.75) is 69.3 Å². The van der Waals surface area contributed by atoms with E-state index >= 15 is 0 Å². The van der Waals surface area contributed by atoms with Crippen molar-refractivity contribution in [3.63, 3.8) is 0 Å². The Kier molecular flexibility index (Phi) is 9.51. The molecule has 2 aliphatic rings. The highest BCUT2D eigenvalue weighted by Gasteiger charge is 2.33. The molecule has 2 aliphatic heterocycles. The summed E-state index contributed by atoms with van der Waals surface area (Å²) in [6.45, 7) is 6.54. The molecule has 4 rings (SSSR count). The topological polar surface area (TPSA) is 117 Å². The normalized spacial score (nSPS) is 18.1. The predicted molar refractivity (Wildman–Crippen MR) is 145 cm³/mol. The van der Waals surface area contributed by atoms with Crippen molar-refractivity contribution in [2.24, 2.45) is 5.14 Å². The minimum Gasteiger partial charge on any atom is -0.463 e. The Morgan fingerprint density at radius 3 is 2.72 bits per heavy atom. The molecule has 10 heteroatoms. The van der Waals surface area contributed by atoms with Crippen LogP contribution in [-0.2, 0) is 30.8 Å². The number of unbranched alkanes of at least 4 members (excludes halogenated alkanes) is 3. The average Bonchev–Trinajstić information content (AvgIpc) is 3.26. The Hall–Kier alpha value is -3.10. The monoisotopic (exact) mass is 556 g/mol. The van der Waals surface area contributed by atoms with Gasteiger partial charge in [-0.2, -0.15) is 0 Å². The number of ether oxygens (including phenoxy) is 4. The van der Waals surface area contributed by atoms with E-state index in [9.17, 15) is 13.2 Å². The molecule has 0 aliphatic carbocycles. The van der Waals surface area contributed by atoms with Gasteiger partial charge in [-0.3, -0.25) is 0 Å². The second kappa shape index (κ2) is 12.8. The zero-order valence-electron chi connectivity index (χ0n) is 22.5. The highest BCUT2D eigenvalue weighted by molar-refractivity contribution is 7.89. The van der Waals surface area contributed by atoms with E-state index in [1.807, 2.05) is 32.0 Å². The summed E-state index contributed by atoms with van der Waals surface area (Å²) >= 11 is 0. The van der Waals surface area contributed by atoms with Gasteiger partial charge in [0.15, 0.2) is 0 Å². The smallest absolute Gasteiger partial charge is 0.410 e. The number of primary sulfonamides is 1. The van der Waals surface area contributed by atoms with Crippen molar-refractivity contribution in [1.82, 2.24) is 4.90 Å². The fourth-order valence-electron chi connectivity index (χ4n) is 4.48. The van der Waals surface area contributed by atoms with Crippen LogP contribution in [0.2, 0.25) is 0 Å². The number of amides is 1. The summed E-state index contributed by atoms with van der Waals surface area (Å²) in [4.78, 5) is 14.2. The highest BCUT2D eigenvalue weighted by Crippen LogP contribution is 2.35. The van der Waals surface area contributed by atoms with Crippen LogP contribution in [0.4, 0.5) is 4.79 Å². The number of cyclic esters (lactones) is 1. The van der Waals surface area contributed by atoms with E-state index in [4.69, 9.17) is 24.1 Å². The predicted octanol–water partition coefficient (Wildman–Crippen LogP) is 4.49. The largest absolute Gasteiger partial charge is 0.463 e. The van der Waals surface area contributed by atoms with E-state index in [2.05, 4.69) is 11.8 Å². The lowest BCUT2D eigenvalue weighted by molar-refractivity contribution is -0.180. The van der Waals surface area contributed by atoms with Crippen molar-refractivity contribution in [1.29, 1.82) is 0 Å². The Morgan fingerprint density at radius 2 is 1.90 bits per heavy atom. The zero-order valence-corrected chi connectivity index (χ0v) is 23.3. The molecule has 1 unspecified atom stereocenters. The summed E-state index contributed by atoms with van der Waals surface area (Å²) in [7, 11) is -3.80. The molecule has 2 aromatic carbocycles. The highest BCUT2D eigenvalue weighted by atomic mass is 32.2. The molecule has 39 heavy (non-hydrogen) atoms. The van der Waals surface area contributed by atoms with Crippen LogP contribution < -0.4 is 9.88 Å². The molecule has 0 saturated carbocycles. The molecule has 0 radical (unpaired) electrons. The van der Waals surface area contributed by atoms with Crippen molar-refractivity contribution >= 4 is 16.1 Å². The maximum atomic E-state index is 12.4. The second-order valence-electron chi connectivity index (χ2n) is 10.1. The fraction of sp³-hybridized carbons (Fsp3) is 0.483. The number of benzene rings is 2. The molecule has 0 spiro atoms. The maximum Gasteiger partial charge on any atom is 0.410 e. The summed E-state index contributed by atoms with van der Waals surface area (Å²) in [5, 5.41) is 5.22. The van der Waals surface area contributed by atoms with Gasteiger partial charge in [0.05, 0.1) is 24.7 Å². The molecule has 2 heterocycles. The van der Waals surface area contributed by atoms with Crippen LogP contribution >= 0.6 is 0 Å². The summed E-state index contributed by atoms with van der Waals surface area (Å²) in [5.41, 5.74) is 2.30. The maximum absolute atomic E-state index is 12.4. The first-order valence-electron chi connectivity index (χ1n) is 13.2. The number of carbonyl (C=O) groups excluding carboxylic acids is 1. The van der Waals surface area contributed by atoms with Crippen molar-refractivity contribution < 1.29 is 32.2 Å². The van der Waals surface area contributed by atoms with Crippen LogP contribution in [0.25, 0.3) is 0 Å². The Balaban J connectivity index is 1.09. The molecule has 1 saturated heterocycles. The number of nitrogens with two attached hydrogens (primary N) is 1. The van der Waals surface area contributed by atoms with E-state index in [0.29, 0.717) is 44.9 Å². The molecule has 0 bridgehead atoms. The summed E-state index contributed by atoms with van der Waals surface area (Å²) in [6.07, 6.45) is 3.75. The van der Waals surface area contributed by atoms with Crippen LogP contribution in [0, 0.1) is 11.8 Å². The first kappa shape index (κ1) is 28.9. The molecule has 210 valence electrons. The Labute approximate surface area is 230 Å². The number of carbonyl (C=O) groups is 1. The number of sulfonamides is 1. The quantitative estimate of drug-likeness (QED) is 0.320. The summed E-state index contributed by atoms with van der Waals surface area (Å²) in [5.74, 6) is 5.96. The molecule has 1 atom stereocenters. The van der Waals surface area contributed by atoms with E-state index in [1.165, 1.54) is 6.07 Å². The third-order valence-electron chi connectivity index (χ3n) is 6.53. The van der Waals surface area contributed by atoms with Crippen LogP contribution in [0.5, 0.6) is 5.75 Å². The van der Waals surface area contributed by atoms with Gasteiger partial charge in [-0.15, -0.1) is 0 Å². The lowest BCUT2D eigenvalue weighted by Crippen LogP contribution is -2.35. The standard InChI is InChI=1S/C29H36N2O7S/c1-29(2)36-21-24-19-23(14-15-25(24)38-29)26-20-31(28(32)37-26)16-8-3-4-9-17-35-18-10-7-12-22-11-5-6-13-27(22)39(30,33)34/h5-6,11,13-15,19,26H,3-4,8-10,16-18,20-21H2,1-2H3,(H2,30,33,34). The molecule has 0 aromatic heterocycles. The van der Waals surface area contributed by atoms with Gasteiger partial charge in [0.2, 0.25) is 15.8 Å². The van der Waals surface area contributed by atoms with Crippen LogP contribution in [0.3, 0.4) is 0 Å². The minimum absolute atomic E-state index is 0.0316. The van der Waals surface area contributed by atoms with Gasteiger partial charge in [-0.05, 0) is 42.7 Å². The number of nitrogens with zero attached hydrogens (tertiary/aromatic N) is 1. The first-order valence-corrected chi connectivity index (χ1v) is 14.8. The van der Waals surface area contributed by atoms with Crippen LogP contribution in [0.15, 0.2) is 47.4 Å². The zero-order chi connectivity index (χ0) is 27.9. The van der Waals surface area contributed by atoms with E-state index in [-0.39, 0.29) is 17.1 Å². The van der Waals surface area contributed by atoms with Gasteiger partial charge in [0.25, 0.3) is 0 Å². The van der Waals surface area contributed by atoms with E-state index in [1.54, 1.807) is 23.1 Å². The van der Waals surface area contributed by atoms with Gasteiger partial charge in [-0.1, -0.05) is 42.9 Å². The summed E-state index contributed by atoms with van der Waals surface area (Å²) in [6, 6.07) is 12.3. The average molecular weight is 557 g/mol. The van der Waals surface area contributed by atoms with Gasteiger partial charge >= 0.3 is 6.09 Å². The van der Waals surface area contributed by atoms with Crippen molar-refractivity contribution in [3.8, 4) is 17.6 Å². The lowest BCUT2D eigenvalue weighted by Gasteiger charge is -2.32. The first-order chi connectivity index (χ1) is 18.6. The number of hydrogen-bond acceptors (Lipinski definition) is 7. The van der Waals surface area contributed by atoms with Gasteiger partial charge in [-0.25, -0.2) is 18.4 Å². The molecule has 1 amide bonds. The van der Waals surface area contributed by atoms with E-state index in [0.717, 1.165) is 42.6 Å². The SMILES string of the molecule is CC1(C)OCc2cc(C3CN(CCCCCCOCCC#Cc4ccccc4S(N)(=O)=O)C(=O)O3)ccc2O1. The number of hydrogen-bond donors (Lipinski definition) is 1. The van der Waals surface area contributed by atoms with E-state index < -0.39 is 15.8 Å². The Morgan fingerprint density at radius 1 is 1.10 bits per heavy atom. The van der Waals surface area contributed by atoms with Crippen molar-refractivity contribution in [2.75, 3.05) is 26.3 Å². The molecule has 9 nitrogen and oxygen atoms in total. The fourth-order valence-corrected chi connectivity index (χ4v) is 5.18. The van der Waals surface area contributed by atoms with Gasteiger partial charge in [0.1, 0.15) is 11.9 Å². The lowest BCUT2D eigenvalue weighted by atomic mass is 10.0. The van der Waals surface area contributed by atoms with Crippen molar-refractivity contribution in [3.05, 3.63) is 59.2 Å². The van der Waals surface area contributed by atoms with Gasteiger partial charge in [0, 0.05) is 44.5 Å². The van der Waals surface area contributed by atoms with Crippen LogP contribution in [-0.4, -0.2) is 51.5 Å². The molecule has 2 N–H and O–H groups in total. The molecular formula is C29H36N2O7S.